The van der Waals surface area contributed by atoms with Crippen molar-refractivity contribution in [1.82, 2.24) is 0 Å². The van der Waals surface area contributed by atoms with E-state index in [2.05, 4.69) is 10.6 Å². The SMILES string of the molecule is CNc1ccccc1C(=O)Nc1cc(OC)ccc1OC. The monoisotopic (exact) mass is 286 g/mol. The van der Waals surface area contributed by atoms with Gasteiger partial charge in [-0.1, -0.05) is 12.1 Å². The van der Waals surface area contributed by atoms with Crippen LogP contribution in [0, 0.1) is 0 Å². The van der Waals surface area contributed by atoms with Gasteiger partial charge in [-0.3, -0.25) is 4.79 Å². The average molecular weight is 286 g/mol. The van der Waals surface area contributed by atoms with Crippen LogP contribution in [-0.2, 0) is 0 Å². The highest BCUT2D eigenvalue weighted by atomic mass is 16.5. The van der Waals surface area contributed by atoms with Crippen molar-refractivity contribution in [2.75, 3.05) is 31.9 Å². The number of carbonyl (C=O) groups is 1. The van der Waals surface area contributed by atoms with Crippen LogP contribution in [0.4, 0.5) is 11.4 Å². The number of amides is 1. The van der Waals surface area contributed by atoms with E-state index in [1.807, 2.05) is 18.2 Å². The van der Waals surface area contributed by atoms with Gasteiger partial charge in [-0.15, -0.1) is 0 Å². The van der Waals surface area contributed by atoms with Gasteiger partial charge < -0.3 is 20.1 Å². The first-order valence-electron chi connectivity index (χ1n) is 6.49. The summed E-state index contributed by atoms with van der Waals surface area (Å²) in [7, 11) is 4.90. The predicted octanol–water partition coefficient (Wildman–Crippen LogP) is 3.00. The van der Waals surface area contributed by atoms with Crippen molar-refractivity contribution in [2.45, 2.75) is 0 Å². The van der Waals surface area contributed by atoms with E-state index in [9.17, 15) is 4.79 Å². The first-order valence-corrected chi connectivity index (χ1v) is 6.49. The van der Waals surface area contributed by atoms with Crippen molar-refractivity contribution in [2.24, 2.45) is 0 Å². The molecule has 0 radical (unpaired) electrons. The Labute approximate surface area is 123 Å². The molecule has 21 heavy (non-hydrogen) atoms. The molecule has 0 bridgehead atoms. The van der Waals surface area contributed by atoms with Gasteiger partial charge in [0.05, 0.1) is 25.5 Å². The van der Waals surface area contributed by atoms with Crippen molar-refractivity contribution in [3.8, 4) is 11.5 Å². The van der Waals surface area contributed by atoms with Crippen LogP contribution in [0.3, 0.4) is 0 Å². The Bertz CT molecular complexity index is 641. The van der Waals surface area contributed by atoms with Crippen LogP contribution >= 0.6 is 0 Å². The van der Waals surface area contributed by atoms with Crippen LogP contribution in [0.15, 0.2) is 42.5 Å². The van der Waals surface area contributed by atoms with Crippen LogP contribution in [0.5, 0.6) is 11.5 Å². The third-order valence-electron chi connectivity index (χ3n) is 3.10. The van der Waals surface area contributed by atoms with Crippen LogP contribution in [0.25, 0.3) is 0 Å². The van der Waals surface area contributed by atoms with E-state index in [1.54, 1.807) is 45.5 Å². The lowest BCUT2D eigenvalue weighted by Crippen LogP contribution is -2.14. The number of rotatable bonds is 5. The summed E-state index contributed by atoms with van der Waals surface area (Å²) >= 11 is 0. The average Bonchev–Trinajstić information content (AvgIpc) is 2.54. The predicted molar refractivity (Wildman–Crippen MR) is 83.5 cm³/mol. The van der Waals surface area contributed by atoms with Gasteiger partial charge in [-0.25, -0.2) is 0 Å². The summed E-state index contributed by atoms with van der Waals surface area (Å²) in [6.45, 7) is 0. The maximum Gasteiger partial charge on any atom is 0.257 e. The van der Waals surface area contributed by atoms with Gasteiger partial charge in [-0.05, 0) is 24.3 Å². The molecule has 0 spiro atoms. The zero-order valence-electron chi connectivity index (χ0n) is 12.3. The Morgan fingerprint density at radius 3 is 2.43 bits per heavy atom. The fourth-order valence-corrected chi connectivity index (χ4v) is 2.00. The summed E-state index contributed by atoms with van der Waals surface area (Å²) in [5.74, 6) is 1.01. The first-order chi connectivity index (χ1) is 10.2. The van der Waals surface area contributed by atoms with Crippen LogP contribution < -0.4 is 20.1 Å². The first kappa shape index (κ1) is 14.7. The molecule has 5 heteroatoms. The minimum Gasteiger partial charge on any atom is -0.497 e. The Hall–Kier alpha value is -2.69. The van der Waals surface area contributed by atoms with Crippen molar-refractivity contribution < 1.29 is 14.3 Å². The van der Waals surface area contributed by atoms with Gasteiger partial charge in [0, 0.05) is 18.8 Å². The molecule has 0 unspecified atom stereocenters. The smallest absolute Gasteiger partial charge is 0.257 e. The van der Waals surface area contributed by atoms with E-state index in [0.717, 1.165) is 5.69 Å². The summed E-state index contributed by atoms with van der Waals surface area (Å²) in [6.07, 6.45) is 0. The molecule has 2 rings (SSSR count). The number of methoxy groups -OCH3 is 2. The zero-order chi connectivity index (χ0) is 15.2. The van der Waals surface area contributed by atoms with E-state index < -0.39 is 0 Å². The maximum absolute atomic E-state index is 12.4. The van der Waals surface area contributed by atoms with Crippen LogP contribution in [0.1, 0.15) is 10.4 Å². The third-order valence-corrected chi connectivity index (χ3v) is 3.10. The van der Waals surface area contributed by atoms with Gasteiger partial charge in [0.15, 0.2) is 0 Å². The fraction of sp³-hybridized carbons (Fsp3) is 0.188. The second-order valence-corrected chi connectivity index (χ2v) is 4.32. The summed E-state index contributed by atoms with van der Waals surface area (Å²) in [5.41, 5.74) is 1.88. The van der Waals surface area contributed by atoms with Crippen molar-refractivity contribution in [3.05, 3.63) is 48.0 Å². The molecule has 0 saturated carbocycles. The van der Waals surface area contributed by atoms with E-state index >= 15 is 0 Å². The summed E-state index contributed by atoms with van der Waals surface area (Å²) in [4.78, 5) is 12.4. The maximum atomic E-state index is 12.4. The molecule has 0 saturated heterocycles. The molecule has 0 aliphatic carbocycles. The largest absolute Gasteiger partial charge is 0.497 e. The Morgan fingerprint density at radius 2 is 1.76 bits per heavy atom. The quantitative estimate of drug-likeness (QED) is 0.887. The van der Waals surface area contributed by atoms with E-state index in [0.29, 0.717) is 22.7 Å². The topological polar surface area (TPSA) is 59.6 Å². The highest BCUT2D eigenvalue weighted by molar-refractivity contribution is 6.08. The highest BCUT2D eigenvalue weighted by Gasteiger charge is 2.13. The molecule has 1 amide bonds. The summed E-state index contributed by atoms with van der Waals surface area (Å²) in [5, 5.41) is 5.84. The van der Waals surface area contributed by atoms with Crippen LogP contribution in [-0.4, -0.2) is 27.2 Å². The van der Waals surface area contributed by atoms with Crippen molar-refractivity contribution in [3.63, 3.8) is 0 Å². The lowest BCUT2D eigenvalue weighted by Gasteiger charge is -2.13. The number of para-hydroxylation sites is 1. The van der Waals surface area contributed by atoms with E-state index in [1.165, 1.54) is 0 Å². The molecule has 0 aliphatic heterocycles. The van der Waals surface area contributed by atoms with Gasteiger partial charge in [-0.2, -0.15) is 0 Å². The number of nitrogens with one attached hydrogen (secondary N) is 2. The van der Waals surface area contributed by atoms with Crippen LogP contribution in [0.2, 0.25) is 0 Å². The summed E-state index contributed by atoms with van der Waals surface area (Å²) < 4.78 is 10.4. The molecule has 110 valence electrons. The molecule has 2 N–H and O–H groups in total. The zero-order valence-corrected chi connectivity index (χ0v) is 12.3. The number of benzene rings is 2. The number of anilines is 2. The number of hydrogen-bond acceptors (Lipinski definition) is 4. The third kappa shape index (κ3) is 3.25. The second kappa shape index (κ2) is 6.65. The molecule has 5 nitrogen and oxygen atoms in total. The standard InChI is InChI=1S/C16H18N2O3/c1-17-13-7-5-4-6-12(13)16(19)18-14-10-11(20-2)8-9-15(14)21-3/h4-10,17H,1-3H3,(H,18,19). The molecule has 0 atom stereocenters. The lowest BCUT2D eigenvalue weighted by molar-refractivity contribution is 0.102. The van der Waals surface area contributed by atoms with Gasteiger partial charge in [0.25, 0.3) is 5.91 Å². The van der Waals surface area contributed by atoms with Gasteiger partial charge in [0.1, 0.15) is 11.5 Å². The fourth-order valence-electron chi connectivity index (χ4n) is 2.00. The van der Waals surface area contributed by atoms with Crippen molar-refractivity contribution >= 4 is 17.3 Å². The Balaban J connectivity index is 2.30. The lowest BCUT2D eigenvalue weighted by atomic mass is 10.1. The molecule has 0 heterocycles. The van der Waals surface area contributed by atoms with Gasteiger partial charge in [0.2, 0.25) is 0 Å². The highest BCUT2D eigenvalue weighted by Crippen LogP contribution is 2.29. The molecule has 0 fully saturated rings. The molecule has 0 aliphatic rings. The molecular weight excluding hydrogens is 268 g/mol. The minimum absolute atomic E-state index is 0.216. The molecular formula is C16H18N2O3. The van der Waals surface area contributed by atoms with Gasteiger partial charge >= 0.3 is 0 Å². The Morgan fingerprint density at radius 1 is 1.00 bits per heavy atom. The second-order valence-electron chi connectivity index (χ2n) is 4.32. The van der Waals surface area contributed by atoms with E-state index in [4.69, 9.17) is 9.47 Å². The summed E-state index contributed by atoms with van der Waals surface area (Å²) in [6, 6.07) is 12.5. The number of hydrogen-bond donors (Lipinski definition) is 2. The minimum atomic E-state index is -0.216. The normalized spacial score (nSPS) is 9.86. The molecule has 2 aromatic rings. The number of carbonyl (C=O) groups excluding carboxylic acids is 1. The van der Waals surface area contributed by atoms with E-state index in [-0.39, 0.29) is 5.91 Å². The molecule has 2 aromatic carbocycles. The number of ether oxygens (including phenoxy) is 2. The molecule has 0 aromatic heterocycles. The van der Waals surface area contributed by atoms with Crippen molar-refractivity contribution in [1.29, 1.82) is 0 Å². The Kier molecular flexibility index (Phi) is 4.66.